The Hall–Kier alpha value is -4.65. The molecule has 0 fully saturated rings. The number of alkyl halides is 3. The molecule has 1 atom stereocenters. The largest absolute Gasteiger partial charge is 0.573 e. The van der Waals surface area contributed by atoms with Crippen LogP contribution < -0.4 is 20.8 Å². The van der Waals surface area contributed by atoms with Gasteiger partial charge in [-0.3, -0.25) is 19.4 Å². The number of anilines is 1. The van der Waals surface area contributed by atoms with Crippen LogP contribution in [-0.2, 0) is 11.3 Å². The van der Waals surface area contributed by atoms with Gasteiger partial charge in [-0.25, -0.2) is 4.98 Å². The van der Waals surface area contributed by atoms with Crippen molar-refractivity contribution in [2.45, 2.75) is 23.3 Å². The molecule has 4 aromatic rings. The normalized spacial score (nSPS) is 11.9. The Morgan fingerprint density at radius 2 is 1.67 bits per heavy atom. The van der Waals surface area contributed by atoms with Gasteiger partial charge in [0.1, 0.15) is 22.7 Å². The predicted octanol–water partition coefficient (Wildman–Crippen LogP) is 4.40. The number of hydrogen-bond acceptors (Lipinski definition) is 7. The van der Waals surface area contributed by atoms with E-state index in [2.05, 4.69) is 25.3 Å². The first-order valence-corrected chi connectivity index (χ1v) is 12.2. The van der Waals surface area contributed by atoms with Crippen molar-refractivity contribution in [2.24, 2.45) is 0 Å². The van der Waals surface area contributed by atoms with E-state index in [-0.39, 0.29) is 29.1 Å². The van der Waals surface area contributed by atoms with Gasteiger partial charge < -0.3 is 19.9 Å². The molecule has 0 bridgehead atoms. The quantitative estimate of drug-likeness (QED) is 0.232. The zero-order chi connectivity index (χ0) is 27.8. The fourth-order valence-electron chi connectivity index (χ4n) is 3.33. The molecule has 39 heavy (non-hydrogen) atoms. The lowest BCUT2D eigenvalue weighted by Crippen LogP contribution is -2.30. The summed E-state index contributed by atoms with van der Waals surface area (Å²) in [5.41, 5.74) is 0.949. The molecule has 1 aromatic carbocycles. The van der Waals surface area contributed by atoms with Gasteiger partial charge in [-0.1, -0.05) is 11.8 Å². The fourth-order valence-corrected chi connectivity index (χ4v) is 4.45. The van der Waals surface area contributed by atoms with Gasteiger partial charge in [0.25, 0.3) is 5.91 Å². The number of pyridine rings is 3. The second kappa shape index (κ2) is 12.3. The van der Waals surface area contributed by atoms with Crippen LogP contribution in [0, 0.1) is 0 Å². The van der Waals surface area contributed by atoms with Crippen LogP contribution in [0.1, 0.15) is 21.3 Å². The second-order valence-corrected chi connectivity index (χ2v) is 9.03. The number of thioether (sulfide) groups is 1. The molecular weight excluding hydrogens is 535 g/mol. The van der Waals surface area contributed by atoms with Crippen LogP contribution in [0.25, 0.3) is 0 Å². The second-order valence-electron chi connectivity index (χ2n) is 7.93. The fraction of sp³-hybridized carbons (Fsp3) is 0.115. The van der Waals surface area contributed by atoms with Crippen molar-refractivity contribution >= 4 is 29.3 Å². The molecule has 0 saturated heterocycles. The first-order valence-electron chi connectivity index (χ1n) is 11.3. The van der Waals surface area contributed by atoms with E-state index in [4.69, 9.17) is 0 Å². The number of aromatic nitrogens is 3. The summed E-state index contributed by atoms with van der Waals surface area (Å²) in [6, 6.07) is 13.9. The topological polar surface area (TPSA) is 115 Å². The SMILES string of the molecule is O=C(Cn1ccc(=O)cc1)NC(Sc1ncccc1C(=O)Nc1ccc(OC(F)(F)F)cc1)c1ccncc1. The molecule has 0 saturated carbocycles. The van der Waals surface area contributed by atoms with Crippen molar-refractivity contribution < 1.29 is 27.5 Å². The Kier molecular flexibility index (Phi) is 8.61. The first-order chi connectivity index (χ1) is 18.7. The van der Waals surface area contributed by atoms with Crippen molar-refractivity contribution in [1.29, 1.82) is 0 Å². The molecule has 3 aromatic heterocycles. The minimum Gasteiger partial charge on any atom is -0.406 e. The number of benzene rings is 1. The van der Waals surface area contributed by atoms with E-state index in [1.165, 1.54) is 48.9 Å². The number of amides is 2. The Morgan fingerprint density at radius 3 is 2.33 bits per heavy atom. The molecule has 0 aliphatic rings. The minimum absolute atomic E-state index is 0.0496. The van der Waals surface area contributed by atoms with E-state index in [1.807, 2.05) is 0 Å². The van der Waals surface area contributed by atoms with Crippen LogP contribution in [0.3, 0.4) is 0 Å². The molecular formula is C26H20F3N5O4S. The lowest BCUT2D eigenvalue weighted by molar-refractivity contribution is -0.274. The predicted molar refractivity (Wildman–Crippen MR) is 137 cm³/mol. The zero-order valence-corrected chi connectivity index (χ0v) is 20.8. The standard InChI is InChI=1S/C26H20F3N5O4S/c27-26(28,29)38-20-5-3-18(4-6-20)32-23(37)21-2-1-11-31-25(21)39-24(17-7-12-30-13-8-17)33-22(36)16-34-14-9-19(35)10-15-34/h1-15,24H,16H2,(H,32,37)(H,33,36). The number of rotatable bonds is 9. The van der Waals surface area contributed by atoms with Crippen LogP contribution >= 0.6 is 11.8 Å². The number of nitrogens with zero attached hydrogens (tertiary/aromatic N) is 3. The number of carbonyl (C=O) groups is 2. The highest BCUT2D eigenvalue weighted by Crippen LogP contribution is 2.34. The van der Waals surface area contributed by atoms with Gasteiger partial charge in [-0.2, -0.15) is 0 Å². The van der Waals surface area contributed by atoms with Crippen molar-refractivity contribution in [3.63, 3.8) is 0 Å². The Bertz CT molecular complexity index is 1480. The molecule has 2 N–H and O–H groups in total. The third kappa shape index (κ3) is 8.17. The number of hydrogen-bond donors (Lipinski definition) is 2. The monoisotopic (exact) mass is 555 g/mol. The summed E-state index contributed by atoms with van der Waals surface area (Å²) < 4.78 is 42.6. The highest BCUT2D eigenvalue weighted by molar-refractivity contribution is 7.99. The summed E-state index contributed by atoms with van der Waals surface area (Å²) in [5, 5.41) is 5.18. The summed E-state index contributed by atoms with van der Waals surface area (Å²) >= 11 is 1.12. The van der Waals surface area contributed by atoms with Gasteiger partial charge in [0.15, 0.2) is 5.43 Å². The maximum atomic E-state index is 13.1. The average Bonchev–Trinajstić information content (AvgIpc) is 2.91. The first kappa shape index (κ1) is 27.4. The van der Waals surface area contributed by atoms with Gasteiger partial charge >= 0.3 is 6.36 Å². The van der Waals surface area contributed by atoms with Crippen LogP contribution in [0.2, 0.25) is 0 Å². The maximum Gasteiger partial charge on any atom is 0.573 e. The highest BCUT2D eigenvalue weighted by Gasteiger charge is 2.31. The van der Waals surface area contributed by atoms with Crippen LogP contribution in [-0.4, -0.2) is 32.7 Å². The molecule has 0 radical (unpaired) electrons. The molecule has 3 heterocycles. The van der Waals surface area contributed by atoms with E-state index in [9.17, 15) is 27.6 Å². The molecule has 0 aliphatic heterocycles. The van der Waals surface area contributed by atoms with Gasteiger partial charge in [0, 0.05) is 48.8 Å². The van der Waals surface area contributed by atoms with E-state index in [1.54, 1.807) is 35.2 Å². The number of nitrogens with one attached hydrogen (secondary N) is 2. The summed E-state index contributed by atoms with van der Waals surface area (Å²) in [6.07, 6.45) is 2.80. The lowest BCUT2D eigenvalue weighted by Gasteiger charge is -2.20. The molecule has 4 rings (SSSR count). The summed E-state index contributed by atoms with van der Waals surface area (Å²) in [4.78, 5) is 45.5. The van der Waals surface area contributed by atoms with Crippen LogP contribution in [0.4, 0.5) is 18.9 Å². The van der Waals surface area contributed by atoms with Gasteiger partial charge in [0.2, 0.25) is 5.91 Å². The number of ether oxygens (including phenoxy) is 1. The molecule has 1 unspecified atom stereocenters. The third-order valence-corrected chi connectivity index (χ3v) is 6.25. The smallest absolute Gasteiger partial charge is 0.406 e. The molecule has 9 nitrogen and oxygen atoms in total. The summed E-state index contributed by atoms with van der Waals surface area (Å²) in [5.74, 6) is -1.32. The zero-order valence-electron chi connectivity index (χ0n) is 20.0. The van der Waals surface area contributed by atoms with E-state index in [0.29, 0.717) is 10.6 Å². The minimum atomic E-state index is -4.83. The Labute approximate surface area is 224 Å². The van der Waals surface area contributed by atoms with Crippen molar-refractivity contribution in [2.75, 3.05) is 5.32 Å². The van der Waals surface area contributed by atoms with E-state index in [0.717, 1.165) is 23.9 Å². The van der Waals surface area contributed by atoms with Crippen LogP contribution in [0.15, 0.2) is 101 Å². The van der Waals surface area contributed by atoms with E-state index < -0.39 is 23.4 Å². The van der Waals surface area contributed by atoms with Crippen molar-refractivity contribution in [3.05, 3.63) is 113 Å². The maximum absolute atomic E-state index is 13.1. The van der Waals surface area contributed by atoms with Crippen LogP contribution in [0.5, 0.6) is 5.75 Å². The van der Waals surface area contributed by atoms with Crippen molar-refractivity contribution in [1.82, 2.24) is 19.9 Å². The summed E-state index contributed by atoms with van der Waals surface area (Å²) in [6.45, 7) is -0.0496. The highest BCUT2D eigenvalue weighted by atomic mass is 32.2. The molecule has 13 heteroatoms. The van der Waals surface area contributed by atoms with Gasteiger partial charge in [-0.05, 0) is 54.1 Å². The van der Waals surface area contributed by atoms with Crippen molar-refractivity contribution in [3.8, 4) is 5.75 Å². The lowest BCUT2D eigenvalue weighted by atomic mass is 10.2. The molecule has 0 aliphatic carbocycles. The molecule has 0 spiro atoms. The Morgan fingerprint density at radius 1 is 0.974 bits per heavy atom. The van der Waals surface area contributed by atoms with Gasteiger partial charge in [-0.15, -0.1) is 13.2 Å². The average molecular weight is 556 g/mol. The number of halogens is 3. The molecule has 200 valence electrons. The van der Waals surface area contributed by atoms with Gasteiger partial charge in [0.05, 0.1) is 5.56 Å². The molecule has 2 amide bonds. The number of carbonyl (C=O) groups excluding carboxylic acids is 2. The van der Waals surface area contributed by atoms with E-state index >= 15 is 0 Å². The summed E-state index contributed by atoms with van der Waals surface area (Å²) in [7, 11) is 0. The Balaban J connectivity index is 1.51. The third-order valence-electron chi connectivity index (χ3n) is 5.08.